The Balaban J connectivity index is 1.33. The molecular formula is C24H26N2O2S2. The fourth-order valence-electron chi connectivity index (χ4n) is 3.57. The van der Waals surface area contributed by atoms with Crippen LogP contribution >= 0.6 is 23.1 Å². The molecule has 4 nitrogen and oxygen atoms in total. The summed E-state index contributed by atoms with van der Waals surface area (Å²) in [7, 11) is 1.68. The Bertz CT molecular complexity index is 950. The van der Waals surface area contributed by atoms with Crippen molar-refractivity contribution >= 4 is 29.0 Å². The first-order valence-corrected chi connectivity index (χ1v) is 12.0. The Hall–Kier alpha value is -2.28. The first-order valence-electron chi connectivity index (χ1n) is 10.1. The molecule has 1 saturated heterocycles. The number of methoxy groups -OCH3 is 1. The van der Waals surface area contributed by atoms with Crippen molar-refractivity contribution in [1.29, 1.82) is 0 Å². The molecule has 1 aliphatic rings. The van der Waals surface area contributed by atoms with Gasteiger partial charge in [-0.05, 0) is 52.2 Å². The SMILES string of the molecule is COc1ccc(CN2CCN(C(=O)c3ccccc3SCc3ccsc3)CC2)cc1. The monoisotopic (exact) mass is 438 g/mol. The van der Waals surface area contributed by atoms with Gasteiger partial charge in [0, 0.05) is 43.4 Å². The Morgan fingerprint density at radius 2 is 1.77 bits per heavy atom. The third-order valence-electron chi connectivity index (χ3n) is 5.32. The first kappa shape index (κ1) is 21.0. The maximum atomic E-state index is 13.2. The van der Waals surface area contributed by atoms with Crippen molar-refractivity contribution < 1.29 is 9.53 Å². The van der Waals surface area contributed by atoms with E-state index >= 15 is 0 Å². The van der Waals surface area contributed by atoms with Crippen molar-refractivity contribution in [3.63, 3.8) is 0 Å². The number of amides is 1. The molecule has 6 heteroatoms. The van der Waals surface area contributed by atoms with Gasteiger partial charge < -0.3 is 9.64 Å². The predicted molar refractivity (Wildman–Crippen MR) is 124 cm³/mol. The number of benzene rings is 2. The van der Waals surface area contributed by atoms with Crippen LogP contribution in [0.4, 0.5) is 0 Å². The molecule has 0 bridgehead atoms. The van der Waals surface area contributed by atoms with Crippen LogP contribution in [0.3, 0.4) is 0 Å². The van der Waals surface area contributed by atoms with E-state index in [1.807, 2.05) is 35.2 Å². The lowest BCUT2D eigenvalue weighted by Crippen LogP contribution is -2.48. The number of hydrogen-bond donors (Lipinski definition) is 0. The molecule has 0 atom stereocenters. The standard InChI is InChI=1S/C24H26N2O2S2/c1-28-21-8-6-19(7-9-21)16-25-11-13-26(14-12-25)24(27)22-4-2-3-5-23(22)30-18-20-10-15-29-17-20/h2-10,15,17H,11-14,16,18H2,1H3. The van der Waals surface area contributed by atoms with E-state index in [-0.39, 0.29) is 5.91 Å². The highest BCUT2D eigenvalue weighted by Crippen LogP contribution is 2.28. The molecule has 1 fully saturated rings. The van der Waals surface area contributed by atoms with E-state index < -0.39 is 0 Å². The summed E-state index contributed by atoms with van der Waals surface area (Å²) < 4.78 is 5.23. The maximum Gasteiger partial charge on any atom is 0.255 e. The molecule has 4 rings (SSSR count). The third kappa shape index (κ3) is 5.25. The Kier molecular flexibility index (Phi) is 7.10. The zero-order valence-electron chi connectivity index (χ0n) is 17.1. The van der Waals surface area contributed by atoms with Crippen LogP contribution < -0.4 is 4.74 Å². The summed E-state index contributed by atoms with van der Waals surface area (Å²) in [6, 6.07) is 18.4. The third-order valence-corrected chi connectivity index (χ3v) is 7.19. The van der Waals surface area contributed by atoms with E-state index in [1.165, 1.54) is 11.1 Å². The Morgan fingerprint density at radius 1 is 1.00 bits per heavy atom. The molecule has 2 heterocycles. The van der Waals surface area contributed by atoms with Crippen LogP contribution in [0.1, 0.15) is 21.5 Å². The van der Waals surface area contributed by atoms with Gasteiger partial charge in [-0.25, -0.2) is 0 Å². The first-order chi connectivity index (χ1) is 14.7. The van der Waals surface area contributed by atoms with Gasteiger partial charge in [0.15, 0.2) is 0 Å². The number of carbonyl (C=O) groups excluding carboxylic acids is 1. The average molecular weight is 439 g/mol. The highest BCUT2D eigenvalue weighted by atomic mass is 32.2. The number of nitrogens with zero attached hydrogens (tertiary/aromatic N) is 2. The molecule has 2 aromatic carbocycles. The van der Waals surface area contributed by atoms with Gasteiger partial charge in [-0.15, -0.1) is 11.8 Å². The molecule has 1 amide bonds. The van der Waals surface area contributed by atoms with Gasteiger partial charge in [0.25, 0.3) is 5.91 Å². The van der Waals surface area contributed by atoms with E-state index in [9.17, 15) is 4.79 Å². The Labute approximate surface area is 186 Å². The van der Waals surface area contributed by atoms with Gasteiger partial charge in [0.1, 0.15) is 5.75 Å². The number of carbonyl (C=O) groups is 1. The minimum absolute atomic E-state index is 0.146. The van der Waals surface area contributed by atoms with E-state index in [0.717, 1.165) is 54.7 Å². The summed E-state index contributed by atoms with van der Waals surface area (Å²) in [5, 5.41) is 4.26. The maximum absolute atomic E-state index is 13.2. The molecule has 156 valence electrons. The van der Waals surface area contributed by atoms with Crippen molar-refractivity contribution in [3.05, 3.63) is 82.0 Å². The lowest BCUT2D eigenvalue weighted by atomic mass is 10.1. The summed E-state index contributed by atoms with van der Waals surface area (Å²) in [6.07, 6.45) is 0. The summed E-state index contributed by atoms with van der Waals surface area (Å²) >= 11 is 3.45. The Morgan fingerprint density at radius 3 is 2.47 bits per heavy atom. The quantitative estimate of drug-likeness (QED) is 0.486. The van der Waals surface area contributed by atoms with Gasteiger partial charge in [0.05, 0.1) is 12.7 Å². The number of thiophene rings is 1. The second kappa shape index (κ2) is 10.2. The van der Waals surface area contributed by atoms with Gasteiger partial charge in [-0.1, -0.05) is 24.3 Å². The fourth-order valence-corrected chi connectivity index (χ4v) is 5.34. The van der Waals surface area contributed by atoms with Crippen molar-refractivity contribution in [1.82, 2.24) is 9.80 Å². The second-order valence-electron chi connectivity index (χ2n) is 7.33. The fraction of sp³-hybridized carbons (Fsp3) is 0.292. The highest BCUT2D eigenvalue weighted by molar-refractivity contribution is 7.98. The highest BCUT2D eigenvalue weighted by Gasteiger charge is 2.23. The number of hydrogen-bond acceptors (Lipinski definition) is 5. The van der Waals surface area contributed by atoms with Crippen molar-refractivity contribution in [2.24, 2.45) is 0 Å². The van der Waals surface area contributed by atoms with Gasteiger partial charge in [0.2, 0.25) is 0 Å². The van der Waals surface area contributed by atoms with E-state index in [2.05, 4.69) is 39.9 Å². The smallest absolute Gasteiger partial charge is 0.255 e. The molecule has 0 spiro atoms. The van der Waals surface area contributed by atoms with Crippen LogP contribution in [0.2, 0.25) is 0 Å². The van der Waals surface area contributed by atoms with Crippen LogP contribution in [-0.2, 0) is 12.3 Å². The lowest BCUT2D eigenvalue weighted by Gasteiger charge is -2.35. The number of piperazine rings is 1. The summed E-state index contributed by atoms with van der Waals surface area (Å²) in [5.41, 5.74) is 3.39. The number of rotatable bonds is 7. The largest absolute Gasteiger partial charge is 0.497 e. The molecule has 0 N–H and O–H groups in total. The van der Waals surface area contributed by atoms with Crippen LogP contribution in [0.25, 0.3) is 0 Å². The predicted octanol–water partition coefficient (Wildman–Crippen LogP) is 5.01. The minimum Gasteiger partial charge on any atom is -0.497 e. The zero-order chi connectivity index (χ0) is 20.8. The molecule has 0 saturated carbocycles. The summed E-state index contributed by atoms with van der Waals surface area (Å²) in [5.74, 6) is 1.92. The van der Waals surface area contributed by atoms with Gasteiger partial charge in [-0.2, -0.15) is 11.3 Å². The summed E-state index contributed by atoms with van der Waals surface area (Å²) in [6.45, 7) is 4.21. The zero-order valence-corrected chi connectivity index (χ0v) is 18.8. The molecule has 1 aliphatic heterocycles. The van der Waals surface area contributed by atoms with E-state index in [4.69, 9.17) is 4.74 Å². The molecule has 1 aromatic heterocycles. The topological polar surface area (TPSA) is 32.8 Å². The molecular weight excluding hydrogens is 412 g/mol. The minimum atomic E-state index is 0.146. The average Bonchev–Trinajstić information content (AvgIpc) is 3.32. The molecule has 30 heavy (non-hydrogen) atoms. The van der Waals surface area contributed by atoms with Gasteiger partial charge in [-0.3, -0.25) is 9.69 Å². The number of ether oxygens (including phenoxy) is 1. The van der Waals surface area contributed by atoms with Crippen LogP contribution in [0, 0.1) is 0 Å². The number of thioether (sulfide) groups is 1. The van der Waals surface area contributed by atoms with E-state index in [1.54, 1.807) is 30.2 Å². The van der Waals surface area contributed by atoms with Crippen molar-refractivity contribution in [2.45, 2.75) is 17.2 Å². The molecule has 0 radical (unpaired) electrons. The van der Waals surface area contributed by atoms with Crippen molar-refractivity contribution in [3.8, 4) is 5.75 Å². The van der Waals surface area contributed by atoms with E-state index in [0.29, 0.717) is 0 Å². The van der Waals surface area contributed by atoms with Crippen LogP contribution in [0.15, 0.2) is 70.3 Å². The van der Waals surface area contributed by atoms with Gasteiger partial charge >= 0.3 is 0 Å². The molecule has 3 aromatic rings. The summed E-state index contributed by atoms with van der Waals surface area (Å²) in [4.78, 5) is 18.7. The molecule has 0 aliphatic carbocycles. The normalized spacial score (nSPS) is 14.6. The van der Waals surface area contributed by atoms with Crippen molar-refractivity contribution in [2.75, 3.05) is 33.3 Å². The van der Waals surface area contributed by atoms with Crippen LogP contribution in [-0.4, -0.2) is 49.0 Å². The molecule has 0 unspecified atom stereocenters. The second-order valence-corrected chi connectivity index (χ2v) is 9.13. The lowest BCUT2D eigenvalue weighted by molar-refractivity contribution is 0.0625. The van der Waals surface area contributed by atoms with Crippen LogP contribution in [0.5, 0.6) is 5.75 Å².